The van der Waals surface area contributed by atoms with Gasteiger partial charge in [0.2, 0.25) is 5.91 Å². The van der Waals surface area contributed by atoms with Gasteiger partial charge in [-0.1, -0.05) is 46.3 Å². The molecule has 1 aromatic carbocycles. The molecule has 82 valence electrons. The van der Waals surface area contributed by atoms with Gasteiger partial charge in [0, 0.05) is 7.11 Å². The van der Waals surface area contributed by atoms with E-state index in [0.29, 0.717) is 6.42 Å². The summed E-state index contributed by atoms with van der Waals surface area (Å²) in [6.45, 7) is 0.261. The third-order valence-corrected chi connectivity index (χ3v) is 3.04. The van der Waals surface area contributed by atoms with E-state index in [-0.39, 0.29) is 6.61 Å². The average molecular weight is 272 g/mol. The maximum absolute atomic E-state index is 11.3. The van der Waals surface area contributed by atoms with Gasteiger partial charge in [-0.2, -0.15) is 0 Å². The van der Waals surface area contributed by atoms with Crippen molar-refractivity contribution in [2.45, 2.75) is 10.7 Å². The maximum atomic E-state index is 11.3. The number of hydrogen-bond acceptors (Lipinski definition) is 2. The molecule has 3 nitrogen and oxygen atoms in total. The number of rotatable bonds is 5. The van der Waals surface area contributed by atoms with E-state index in [1.165, 1.54) is 0 Å². The predicted octanol–water partition coefficient (Wildman–Crippen LogP) is 1.49. The van der Waals surface area contributed by atoms with Gasteiger partial charge < -0.3 is 10.5 Å². The molecule has 0 aromatic heterocycles. The highest BCUT2D eigenvalue weighted by Crippen LogP contribution is 2.23. The fraction of sp³-hybridized carbons (Fsp3) is 0.364. The summed E-state index contributed by atoms with van der Waals surface area (Å²) in [6, 6.07) is 9.69. The molecular formula is C11H14BrNO2. The minimum absolute atomic E-state index is 0.261. The van der Waals surface area contributed by atoms with Gasteiger partial charge in [-0.25, -0.2) is 0 Å². The van der Waals surface area contributed by atoms with E-state index in [1.807, 2.05) is 30.3 Å². The van der Waals surface area contributed by atoms with Crippen LogP contribution < -0.4 is 5.73 Å². The summed E-state index contributed by atoms with van der Waals surface area (Å²) in [5, 5.41) is 0. The van der Waals surface area contributed by atoms with E-state index in [9.17, 15) is 4.79 Å². The first kappa shape index (κ1) is 12.2. The summed E-state index contributed by atoms with van der Waals surface area (Å²) in [7, 11) is 1.55. The fourth-order valence-electron chi connectivity index (χ4n) is 1.36. The van der Waals surface area contributed by atoms with Crippen molar-refractivity contribution in [2.75, 3.05) is 13.7 Å². The Bertz CT molecular complexity index is 329. The zero-order valence-electron chi connectivity index (χ0n) is 8.57. The number of carbonyl (C=O) groups is 1. The topological polar surface area (TPSA) is 52.3 Å². The SMILES string of the molecule is COCC(Br)(Cc1ccccc1)C(N)=O. The number of halogens is 1. The lowest BCUT2D eigenvalue weighted by Crippen LogP contribution is -2.44. The molecule has 1 unspecified atom stereocenters. The van der Waals surface area contributed by atoms with Crippen LogP contribution in [0.1, 0.15) is 5.56 Å². The van der Waals surface area contributed by atoms with Gasteiger partial charge in [-0.15, -0.1) is 0 Å². The van der Waals surface area contributed by atoms with Crippen molar-refractivity contribution in [1.29, 1.82) is 0 Å². The van der Waals surface area contributed by atoms with Crippen LogP contribution in [-0.2, 0) is 16.0 Å². The van der Waals surface area contributed by atoms with Crippen molar-refractivity contribution in [3.8, 4) is 0 Å². The summed E-state index contributed by atoms with van der Waals surface area (Å²) in [5.41, 5.74) is 6.39. The Hall–Kier alpha value is -0.870. The first-order valence-electron chi connectivity index (χ1n) is 4.60. The van der Waals surface area contributed by atoms with Crippen LogP contribution in [0, 0.1) is 0 Å². The predicted molar refractivity (Wildman–Crippen MR) is 62.9 cm³/mol. The largest absolute Gasteiger partial charge is 0.383 e. The Kier molecular flexibility index (Phi) is 4.29. The van der Waals surface area contributed by atoms with Crippen molar-refractivity contribution in [3.05, 3.63) is 35.9 Å². The third kappa shape index (κ3) is 3.32. The molecule has 0 spiro atoms. The van der Waals surface area contributed by atoms with E-state index in [0.717, 1.165) is 5.56 Å². The van der Waals surface area contributed by atoms with Crippen LogP contribution in [0.25, 0.3) is 0 Å². The maximum Gasteiger partial charge on any atom is 0.237 e. The van der Waals surface area contributed by atoms with Crippen LogP contribution in [0.5, 0.6) is 0 Å². The smallest absolute Gasteiger partial charge is 0.237 e. The number of benzene rings is 1. The van der Waals surface area contributed by atoms with Crippen LogP contribution in [0.15, 0.2) is 30.3 Å². The van der Waals surface area contributed by atoms with Gasteiger partial charge in [0.25, 0.3) is 0 Å². The molecule has 0 saturated heterocycles. The summed E-state index contributed by atoms with van der Waals surface area (Å²) in [5.74, 6) is -0.409. The van der Waals surface area contributed by atoms with Crippen LogP contribution in [0.2, 0.25) is 0 Å². The molecule has 0 heterocycles. The molecule has 0 radical (unpaired) electrons. The number of nitrogens with two attached hydrogens (primary N) is 1. The van der Waals surface area contributed by atoms with Gasteiger partial charge in [0.15, 0.2) is 0 Å². The van der Waals surface area contributed by atoms with Crippen molar-refractivity contribution in [3.63, 3.8) is 0 Å². The van der Waals surface area contributed by atoms with E-state index >= 15 is 0 Å². The third-order valence-electron chi connectivity index (χ3n) is 2.14. The Balaban J connectivity index is 2.80. The van der Waals surface area contributed by atoms with Gasteiger partial charge in [0.1, 0.15) is 4.32 Å². The molecule has 1 aromatic rings. The Labute approximate surface area is 97.7 Å². The summed E-state index contributed by atoms with van der Waals surface area (Å²) >= 11 is 3.35. The number of ether oxygens (including phenoxy) is 1. The lowest BCUT2D eigenvalue weighted by Gasteiger charge is -2.22. The molecule has 0 bridgehead atoms. The van der Waals surface area contributed by atoms with Crippen LogP contribution in [0.3, 0.4) is 0 Å². The molecule has 0 fully saturated rings. The summed E-state index contributed by atoms with van der Waals surface area (Å²) < 4.78 is 4.18. The monoisotopic (exact) mass is 271 g/mol. The number of alkyl halides is 1. The van der Waals surface area contributed by atoms with Crippen molar-refractivity contribution in [2.24, 2.45) is 5.73 Å². The highest BCUT2D eigenvalue weighted by molar-refractivity contribution is 9.10. The molecule has 1 rings (SSSR count). The average Bonchev–Trinajstić information content (AvgIpc) is 2.19. The van der Waals surface area contributed by atoms with E-state index in [4.69, 9.17) is 10.5 Å². The fourth-order valence-corrected chi connectivity index (χ4v) is 1.91. The van der Waals surface area contributed by atoms with E-state index < -0.39 is 10.2 Å². The zero-order valence-corrected chi connectivity index (χ0v) is 10.2. The van der Waals surface area contributed by atoms with Gasteiger partial charge in [-0.3, -0.25) is 4.79 Å². The molecule has 0 aliphatic rings. The van der Waals surface area contributed by atoms with Crippen molar-refractivity contribution >= 4 is 21.8 Å². The van der Waals surface area contributed by atoms with E-state index in [2.05, 4.69) is 15.9 Å². The molecule has 15 heavy (non-hydrogen) atoms. The highest BCUT2D eigenvalue weighted by Gasteiger charge is 2.33. The normalized spacial score (nSPS) is 14.5. The second kappa shape index (κ2) is 5.28. The second-order valence-electron chi connectivity index (χ2n) is 3.42. The van der Waals surface area contributed by atoms with Gasteiger partial charge in [0.05, 0.1) is 6.61 Å². The molecule has 4 heteroatoms. The van der Waals surface area contributed by atoms with E-state index in [1.54, 1.807) is 7.11 Å². The van der Waals surface area contributed by atoms with Crippen molar-refractivity contribution < 1.29 is 9.53 Å². The first-order chi connectivity index (χ1) is 7.08. The molecule has 0 saturated carbocycles. The minimum atomic E-state index is -0.816. The number of carbonyl (C=O) groups excluding carboxylic acids is 1. The Morgan fingerprint density at radius 1 is 1.47 bits per heavy atom. The lowest BCUT2D eigenvalue weighted by atomic mass is 9.99. The number of methoxy groups -OCH3 is 1. The minimum Gasteiger partial charge on any atom is -0.383 e. The molecular weight excluding hydrogens is 258 g/mol. The first-order valence-corrected chi connectivity index (χ1v) is 5.39. The van der Waals surface area contributed by atoms with Crippen LogP contribution in [-0.4, -0.2) is 23.9 Å². The number of primary amides is 1. The molecule has 2 N–H and O–H groups in total. The quantitative estimate of drug-likeness (QED) is 0.826. The molecule has 1 amide bonds. The number of amides is 1. The Morgan fingerprint density at radius 2 is 2.07 bits per heavy atom. The molecule has 0 aliphatic heterocycles. The second-order valence-corrected chi connectivity index (χ2v) is 4.94. The summed E-state index contributed by atoms with van der Waals surface area (Å²) in [4.78, 5) is 11.3. The van der Waals surface area contributed by atoms with Crippen LogP contribution >= 0.6 is 15.9 Å². The van der Waals surface area contributed by atoms with Crippen molar-refractivity contribution in [1.82, 2.24) is 0 Å². The highest BCUT2D eigenvalue weighted by atomic mass is 79.9. The Morgan fingerprint density at radius 3 is 2.53 bits per heavy atom. The molecule has 0 aliphatic carbocycles. The zero-order chi connectivity index (χ0) is 11.3. The van der Waals surface area contributed by atoms with Gasteiger partial charge >= 0.3 is 0 Å². The van der Waals surface area contributed by atoms with Crippen LogP contribution in [0.4, 0.5) is 0 Å². The van der Waals surface area contributed by atoms with Gasteiger partial charge in [-0.05, 0) is 12.0 Å². The summed E-state index contributed by atoms with van der Waals surface area (Å²) in [6.07, 6.45) is 0.525. The lowest BCUT2D eigenvalue weighted by molar-refractivity contribution is -0.121. The molecule has 1 atom stereocenters. The standard InChI is InChI=1S/C11H14BrNO2/c1-15-8-11(12,10(13)14)7-9-5-3-2-4-6-9/h2-6H,7-8H2,1H3,(H2,13,14). The number of hydrogen-bond donors (Lipinski definition) is 1.